The predicted octanol–water partition coefficient (Wildman–Crippen LogP) is 6.26. The highest BCUT2D eigenvalue weighted by molar-refractivity contribution is 6.10. The first-order valence-corrected chi connectivity index (χ1v) is 13.4. The molecule has 2 saturated carbocycles. The molecule has 2 heterocycles. The maximum Gasteiger partial charge on any atom is 0.204 e. The third-order valence-corrected chi connectivity index (χ3v) is 6.68. The van der Waals surface area contributed by atoms with Crippen molar-refractivity contribution in [2.45, 2.75) is 78.3 Å². The molecule has 2 fully saturated rings. The summed E-state index contributed by atoms with van der Waals surface area (Å²) in [5.41, 5.74) is 4.36. The van der Waals surface area contributed by atoms with Gasteiger partial charge in [-0.1, -0.05) is 33.8 Å². The van der Waals surface area contributed by atoms with E-state index < -0.39 is 0 Å². The van der Waals surface area contributed by atoms with Crippen LogP contribution in [0.4, 0.5) is 5.69 Å². The lowest BCUT2D eigenvalue weighted by Gasteiger charge is -2.30. The van der Waals surface area contributed by atoms with E-state index in [4.69, 9.17) is 6.42 Å². The third-order valence-electron chi connectivity index (χ3n) is 6.68. The van der Waals surface area contributed by atoms with Gasteiger partial charge in [0.1, 0.15) is 0 Å². The zero-order valence-electron chi connectivity index (χ0n) is 22.3. The molecule has 2 aromatic heterocycles. The highest BCUT2D eigenvalue weighted by atomic mass is 16.1. The number of rotatable bonds is 6. The van der Waals surface area contributed by atoms with E-state index in [0.29, 0.717) is 23.5 Å². The highest BCUT2D eigenvalue weighted by Crippen LogP contribution is 2.38. The Balaban J connectivity index is 0.000000861. The van der Waals surface area contributed by atoms with Crippen LogP contribution < -0.4 is 10.6 Å². The first-order valence-electron chi connectivity index (χ1n) is 13.4. The van der Waals surface area contributed by atoms with Gasteiger partial charge in [-0.25, -0.2) is 9.97 Å². The van der Waals surface area contributed by atoms with E-state index in [9.17, 15) is 4.79 Å². The predicted molar refractivity (Wildman–Crippen MR) is 149 cm³/mol. The lowest BCUT2D eigenvalue weighted by molar-refractivity contribution is 0.0968. The normalized spacial score (nSPS) is 18.7. The summed E-state index contributed by atoms with van der Waals surface area (Å²) in [6, 6.07) is 7.01. The number of carbonyl (C=O) groups is 1. The van der Waals surface area contributed by atoms with Crippen LogP contribution >= 0.6 is 0 Å². The molecule has 3 aromatic rings. The minimum atomic E-state index is 0.141. The molecule has 0 saturated heterocycles. The zero-order valence-corrected chi connectivity index (χ0v) is 22.3. The number of fused-ring (bicyclic) bond motifs is 1. The number of ketones is 1. The lowest BCUT2D eigenvalue weighted by Crippen LogP contribution is -2.35. The van der Waals surface area contributed by atoms with Crippen molar-refractivity contribution >= 4 is 22.4 Å². The van der Waals surface area contributed by atoms with Crippen molar-refractivity contribution in [1.82, 2.24) is 20.3 Å². The van der Waals surface area contributed by atoms with E-state index >= 15 is 0 Å². The summed E-state index contributed by atoms with van der Waals surface area (Å²) in [5, 5.41) is 8.10. The number of aromatic nitrogens is 3. The molecule has 1 aromatic carbocycles. The Labute approximate surface area is 215 Å². The van der Waals surface area contributed by atoms with Gasteiger partial charge in [0.15, 0.2) is 5.78 Å². The molecule has 5 rings (SSSR count). The maximum absolute atomic E-state index is 13.1. The Kier molecular flexibility index (Phi) is 9.95. The summed E-state index contributed by atoms with van der Waals surface area (Å²) in [6.07, 6.45) is 17.0. The van der Waals surface area contributed by atoms with Gasteiger partial charge in [0.25, 0.3) is 0 Å². The van der Waals surface area contributed by atoms with E-state index in [2.05, 4.69) is 37.6 Å². The van der Waals surface area contributed by atoms with Gasteiger partial charge in [0.2, 0.25) is 5.82 Å². The van der Waals surface area contributed by atoms with Gasteiger partial charge < -0.3 is 10.6 Å². The molecule has 36 heavy (non-hydrogen) atoms. The molecular formula is C30H39N5O. The summed E-state index contributed by atoms with van der Waals surface area (Å²) < 4.78 is 0. The number of anilines is 1. The molecule has 6 heteroatoms. The quantitative estimate of drug-likeness (QED) is 0.317. The summed E-state index contributed by atoms with van der Waals surface area (Å²) in [5.74, 6) is 3.17. The van der Waals surface area contributed by atoms with Crippen molar-refractivity contribution in [1.29, 1.82) is 0 Å². The maximum atomic E-state index is 13.1. The van der Waals surface area contributed by atoms with Gasteiger partial charge in [-0.2, -0.15) is 0 Å². The van der Waals surface area contributed by atoms with Crippen LogP contribution in [0.5, 0.6) is 0 Å². The van der Waals surface area contributed by atoms with Crippen molar-refractivity contribution in [3.63, 3.8) is 0 Å². The van der Waals surface area contributed by atoms with Gasteiger partial charge in [0, 0.05) is 47.5 Å². The summed E-state index contributed by atoms with van der Waals surface area (Å²) in [4.78, 5) is 26.2. The topological polar surface area (TPSA) is 79.8 Å². The summed E-state index contributed by atoms with van der Waals surface area (Å²) in [7, 11) is 2.03. The standard InChI is InChI=1S/C26H27N5O.2C2H6/c1-3-24-29-13-18(14-30-24)17-6-11-23-21(12-17)25(22(15-28-23)26(32)16-4-5-16)31-20-9-7-19(27-2)8-10-20;2*1-2/h1,6,11-16,19-20,27H,4-5,7-10H2,2H3,(H,28,31);2*1-2H3. The van der Waals surface area contributed by atoms with Gasteiger partial charge in [0.05, 0.1) is 16.8 Å². The van der Waals surface area contributed by atoms with Crippen molar-refractivity contribution in [2.24, 2.45) is 5.92 Å². The number of pyridine rings is 1. The molecule has 0 unspecified atom stereocenters. The minimum Gasteiger partial charge on any atom is -0.381 e. The number of Topliss-reactive ketones (excluding diaryl/α,β-unsaturated/α-hetero) is 1. The van der Waals surface area contributed by atoms with E-state index in [1.54, 1.807) is 18.6 Å². The highest BCUT2D eigenvalue weighted by Gasteiger charge is 2.33. The smallest absolute Gasteiger partial charge is 0.204 e. The van der Waals surface area contributed by atoms with Crippen molar-refractivity contribution in [2.75, 3.05) is 12.4 Å². The average Bonchev–Trinajstić information content (AvgIpc) is 3.81. The average molecular weight is 486 g/mol. The number of nitrogens with one attached hydrogen (secondary N) is 2. The molecular weight excluding hydrogens is 446 g/mol. The molecule has 0 bridgehead atoms. The van der Waals surface area contributed by atoms with Gasteiger partial charge >= 0.3 is 0 Å². The Morgan fingerprint density at radius 1 is 0.889 bits per heavy atom. The molecule has 6 nitrogen and oxygen atoms in total. The van der Waals surface area contributed by atoms with Crippen LogP contribution in [0, 0.1) is 18.3 Å². The second-order valence-corrected chi connectivity index (χ2v) is 8.84. The van der Waals surface area contributed by atoms with Gasteiger partial charge in [-0.05, 0) is 69.2 Å². The summed E-state index contributed by atoms with van der Waals surface area (Å²) >= 11 is 0. The van der Waals surface area contributed by atoms with Crippen LogP contribution in [-0.2, 0) is 0 Å². The van der Waals surface area contributed by atoms with Crippen molar-refractivity contribution in [3.8, 4) is 23.5 Å². The summed E-state index contributed by atoms with van der Waals surface area (Å²) in [6.45, 7) is 8.00. The van der Waals surface area contributed by atoms with Crippen LogP contribution in [0.1, 0.15) is 82.4 Å². The number of benzene rings is 1. The number of nitrogens with zero attached hydrogens (tertiary/aromatic N) is 3. The molecule has 2 aliphatic carbocycles. The third kappa shape index (κ3) is 6.27. The SMILES string of the molecule is C#Cc1ncc(-c2ccc3ncc(C(=O)C4CC4)c(NC4CCC(NC)CC4)c3c2)cn1.CC.CC. The second-order valence-electron chi connectivity index (χ2n) is 8.84. The second kappa shape index (κ2) is 13.1. The largest absolute Gasteiger partial charge is 0.381 e. The molecule has 2 N–H and O–H groups in total. The monoisotopic (exact) mass is 485 g/mol. The number of terminal acetylenes is 1. The number of hydrogen-bond donors (Lipinski definition) is 2. The molecule has 0 amide bonds. The van der Waals surface area contributed by atoms with E-state index in [1.165, 1.54) is 0 Å². The van der Waals surface area contributed by atoms with Crippen LogP contribution in [0.3, 0.4) is 0 Å². The van der Waals surface area contributed by atoms with Gasteiger partial charge in [-0.15, -0.1) is 6.42 Å². The van der Waals surface area contributed by atoms with Crippen LogP contribution in [0.2, 0.25) is 0 Å². The van der Waals surface area contributed by atoms with Crippen LogP contribution in [-0.4, -0.2) is 39.9 Å². The number of hydrogen-bond acceptors (Lipinski definition) is 6. The molecule has 0 atom stereocenters. The van der Waals surface area contributed by atoms with Crippen molar-refractivity contribution in [3.05, 3.63) is 48.2 Å². The Morgan fingerprint density at radius 2 is 1.53 bits per heavy atom. The van der Waals surface area contributed by atoms with Crippen LogP contribution in [0.15, 0.2) is 36.8 Å². The molecule has 0 aliphatic heterocycles. The molecule has 0 spiro atoms. The van der Waals surface area contributed by atoms with E-state index in [1.807, 2.05) is 46.9 Å². The fraction of sp³-hybridized carbons (Fsp3) is 0.467. The van der Waals surface area contributed by atoms with Crippen molar-refractivity contribution < 1.29 is 4.79 Å². The Bertz CT molecular complexity index is 1190. The van der Waals surface area contributed by atoms with Gasteiger partial charge in [-0.3, -0.25) is 9.78 Å². The molecule has 2 aliphatic rings. The minimum absolute atomic E-state index is 0.141. The molecule has 190 valence electrons. The lowest BCUT2D eigenvalue weighted by atomic mass is 9.90. The fourth-order valence-electron chi connectivity index (χ4n) is 4.56. The van der Waals surface area contributed by atoms with Crippen LogP contribution in [0.25, 0.3) is 22.0 Å². The first kappa shape index (κ1) is 27.3. The van der Waals surface area contributed by atoms with E-state index in [0.717, 1.165) is 66.2 Å². The fourth-order valence-corrected chi connectivity index (χ4v) is 4.56. The van der Waals surface area contributed by atoms with E-state index in [-0.39, 0.29) is 11.7 Å². The zero-order chi connectivity index (χ0) is 26.1. The molecule has 0 radical (unpaired) electrons. The Morgan fingerprint density at radius 3 is 2.11 bits per heavy atom. The first-order chi connectivity index (χ1) is 17.7. The number of carbonyl (C=O) groups excluding carboxylic acids is 1. The Hall–Kier alpha value is -3.30.